The number of hydrogen-bond donors (Lipinski definition) is 3. The third-order valence-corrected chi connectivity index (χ3v) is 4.14. The van der Waals surface area contributed by atoms with Crippen LogP contribution < -0.4 is 20.7 Å². The fourth-order valence-corrected chi connectivity index (χ4v) is 2.59. The minimum Gasteiger partial charge on any atom is -0.497 e. The van der Waals surface area contributed by atoms with E-state index in [0.717, 1.165) is 11.3 Å². The largest absolute Gasteiger partial charge is 0.497 e. The SMILES string of the molecule is COc1ccc(CCC(=O)NCCNc2ccc(Nc3ccccn3)nn2)cc1. The van der Waals surface area contributed by atoms with E-state index in [9.17, 15) is 4.79 Å². The van der Waals surface area contributed by atoms with Crippen LogP contribution in [0.2, 0.25) is 0 Å². The first-order valence-electron chi connectivity index (χ1n) is 9.38. The van der Waals surface area contributed by atoms with Crippen LogP contribution in [0, 0.1) is 0 Å². The van der Waals surface area contributed by atoms with Gasteiger partial charge < -0.3 is 20.7 Å². The van der Waals surface area contributed by atoms with E-state index in [1.165, 1.54) is 0 Å². The highest BCUT2D eigenvalue weighted by molar-refractivity contribution is 5.76. The number of benzene rings is 1. The van der Waals surface area contributed by atoms with Crippen molar-refractivity contribution in [2.45, 2.75) is 12.8 Å². The molecule has 0 saturated heterocycles. The molecule has 3 aromatic rings. The van der Waals surface area contributed by atoms with E-state index >= 15 is 0 Å². The first-order chi connectivity index (χ1) is 14.2. The highest BCUT2D eigenvalue weighted by Gasteiger charge is 2.03. The summed E-state index contributed by atoms with van der Waals surface area (Å²) >= 11 is 0. The average Bonchev–Trinajstić information content (AvgIpc) is 2.77. The van der Waals surface area contributed by atoms with Gasteiger partial charge in [0, 0.05) is 25.7 Å². The van der Waals surface area contributed by atoms with Crippen molar-refractivity contribution in [2.75, 3.05) is 30.8 Å². The molecule has 0 aliphatic rings. The van der Waals surface area contributed by atoms with E-state index in [1.807, 2.05) is 54.6 Å². The summed E-state index contributed by atoms with van der Waals surface area (Å²) in [6, 6.07) is 17.0. The fourth-order valence-electron chi connectivity index (χ4n) is 2.59. The van der Waals surface area contributed by atoms with Crippen LogP contribution in [0.5, 0.6) is 5.75 Å². The molecular formula is C21H24N6O2. The van der Waals surface area contributed by atoms with Gasteiger partial charge in [-0.2, -0.15) is 0 Å². The second-order valence-electron chi connectivity index (χ2n) is 6.27. The Kier molecular flexibility index (Phi) is 7.34. The normalized spacial score (nSPS) is 10.2. The molecule has 0 radical (unpaired) electrons. The Labute approximate surface area is 169 Å². The second kappa shape index (κ2) is 10.6. The number of methoxy groups -OCH3 is 1. The van der Waals surface area contributed by atoms with Gasteiger partial charge in [0.05, 0.1) is 7.11 Å². The molecule has 8 heteroatoms. The minimum atomic E-state index is 0.0172. The van der Waals surface area contributed by atoms with Gasteiger partial charge in [-0.3, -0.25) is 4.79 Å². The lowest BCUT2D eigenvalue weighted by atomic mass is 10.1. The van der Waals surface area contributed by atoms with E-state index < -0.39 is 0 Å². The van der Waals surface area contributed by atoms with E-state index in [1.54, 1.807) is 13.3 Å². The fraction of sp³-hybridized carbons (Fsp3) is 0.238. The van der Waals surface area contributed by atoms with Crippen LogP contribution >= 0.6 is 0 Å². The van der Waals surface area contributed by atoms with Crippen molar-refractivity contribution in [2.24, 2.45) is 0 Å². The summed E-state index contributed by atoms with van der Waals surface area (Å²) in [6.07, 6.45) is 2.84. The predicted molar refractivity (Wildman–Crippen MR) is 112 cm³/mol. The lowest BCUT2D eigenvalue weighted by Crippen LogP contribution is -2.29. The van der Waals surface area contributed by atoms with Crippen LogP contribution in [0.4, 0.5) is 17.5 Å². The Bertz CT molecular complexity index is 885. The maximum Gasteiger partial charge on any atom is 0.220 e. The van der Waals surface area contributed by atoms with Gasteiger partial charge in [0.2, 0.25) is 5.91 Å². The van der Waals surface area contributed by atoms with Crippen molar-refractivity contribution >= 4 is 23.4 Å². The molecule has 0 saturated carbocycles. The molecule has 8 nitrogen and oxygen atoms in total. The molecule has 1 aromatic carbocycles. The quantitative estimate of drug-likeness (QED) is 0.456. The summed E-state index contributed by atoms with van der Waals surface area (Å²) in [7, 11) is 1.63. The summed E-state index contributed by atoms with van der Waals surface area (Å²) in [5, 5.41) is 17.3. The van der Waals surface area contributed by atoms with Crippen LogP contribution in [0.1, 0.15) is 12.0 Å². The molecule has 0 atom stereocenters. The van der Waals surface area contributed by atoms with Gasteiger partial charge >= 0.3 is 0 Å². The maximum atomic E-state index is 12.0. The van der Waals surface area contributed by atoms with Gasteiger partial charge in [0.25, 0.3) is 0 Å². The number of nitrogens with one attached hydrogen (secondary N) is 3. The molecular weight excluding hydrogens is 368 g/mol. The molecule has 2 heterocycles. The van der Waals surface area contributed by atoms with E-state index in [4.69, 9.17) is 4.74 Å². The highest BCUT2D eigenvalue weighted by atomic mass is 16.5. The van der Waals surface area contributed by atoms with Crippen molar-refractivity contribution in [3.63, 3.8) is 0 Å². The molecule has 0 spiro atoms. The van der Waals surface area contributed by atoms with Gasteiger partial charge in [-0.25, -0.2) is 4.98 Å². The Balaban J connectivity index is 1.32. The molecule has 2 aromatic heterocycles. The first kappa shape index (κ1) is 20.1. The van der Waals surface area contributed by atoms with Gasteiger partial charge in [0.1, 0.15) is 17.4 Å². The summed E-state index contributed by atoms with van der Waals surface area (Å²) < 4.78 is 5.13. The van der Waals surface area contributed by atoms with Crippen LogP contribution in [-0.2, 0) is 11.2 Å². The number of anilines is 3. The summed E-state index contributed by atoms with van der Waals surface area (Å²) in [5.41, 5.74) is 1.11. The molecule has 0 aliphatic carbocycles. The standard InChI is InChI=1S/C21H24N6O2/c1-29-17-8-5-16(6-9-17)7-12-21(28)24-15-14-23-19-10-11-20(27-26-19)25-18-4-2-3-13-22-18/h2-6,8-11,13H,7,12,14-15H2,1H3,(H,23,26)(H,24,28)(H,22,25,27). The van der Waals surface area contributed by atoms with Gasteiger partial charge in [-0.15, -0.1) is 10.2 Å². The van der Waals surface area contributed by atoms with E-state index in [-0.39, 0.29) is 5.91 Å². The van der Waals surface area contributed by atoms with Crippen LogP contribution in [0.25, 0.3) is 0 Å². The first-order valence-corrected chi connectivity index (χ1v) is 9.38. The third kappa shape index (κ3) is 6.76. The van der Waals surface area contributed by atoms with Crippen LogP contribution in [-0.4, -0.2) is 41.3 Å². The number of carbonyl (C=O) groups is 1. The summed E-state index contributed by atoms with van der Waals surface area (Å²) in [4.78, 5) is 16.1. The average molecular weight is 392 g/mol. The third-order valence-electron chi connectivity index (χ3n) is 4.14. The zero-order valence-electron chi connectivity index (χ0n) is 16.3. The molecule has 150 valence electrons. The Morgan fingerprint density at radius 3 is 2.41 bits per heavy atom. The lowest BCUT2D eigenvalue weighted by Gasteiger charge is -2.08. The molecule has 0 unspecified atom stereocenters. The van der Waals surface area contributed by atoms with Crippen molar-refractivity contribution in [3.8, 4) is 5.75 Å². The number of rotatable bonds is 10. The van der Waals surface area contributed by atoms with Crippen molar-refractivity contribution in [1.29, 1.82) is 0 Å². The Morgan fingerprint density at radius 2 is 1.72 bits per heavy atom. The molecule has 0 bridgehead atoms. The highest BCUT2D eigenvalue weighted by Crippen LogP contribution is 2.13. The van der Waals surface area contributed by atoms with Gasteiger partial charge in [0.15, 0.2) is 5.82 Å². The number of amides is 1. The number of hydrogen-bond acceptors (Lipinski definition) is 7. The predicted octanol–water partition coefficient (Wildman–Crippen LogP) is 2.78. The topological polar surface area (TPSA) is 101 Å². The molecule has 29 heavy (non-hydrogen) atoms. The summed E-state index contributed by atoms with van der Waals surface area (Å²) in [5.74, 6) is 2.79. The number of aromatic nitrogens is 3. The Hall–Kier alpha value is -3.68. The molecule has 0 aliphatic heterocycles. The minimum absolute atomic E-state index is 0.0172. The molecule has 1 amide bonds. The summed E-state index contributed by atoms with van der Waals surface area (Å²) in [6.45, 7) is 1.08. The molecule has 3 N–H and O–H groups in total. The van der Waals surface area contributed by atoms with E-state index in [2.05, 4.69) is 31.1 Å². The smallest absolute Gasteiger partial charge is 0.220 e. The van der Waals surface area contributed by atoms with Crippen LogP contribution in [0.15, 0.2) is 60.8 Å². The van der Waals surface area contributed by atoms with Crippen molar-refractivity contribution < 1.29 is 9.53 Å². The van der Waals surface area contributed by atoms with Gasteiger partial charge in [-0.1, -0.05) is 18.2 Å². The number of pyridine rings is 1. The molecule has 3 rings (SSSR count). The zero-order valence-corrected chi connectivity index (χ0v) is 16.3. The van der Waals surface area contributed by atoms with Crippen LogP contribution in [0.3, 0.4) is 0 Å². The lowest BCUT2D eigenvalue weighted by molar-refractivity contribution is -0.120. The van der Waals surface area contributed by atoms with E-state index in [0.29, 0.717) is 43.4 Å². The molecule has 0 fully saturated rings. The van der Waals surface area contributed by atoms with Crippen molar-refractivity contribution in [1.82, 2.24) is 20.5 Å². The monoisotopic (exact) mass is 392 g/mol. The van der Waals surface area contributed by atoms with Gasteiger partial charge in [-0.05, 0) is 48.4 Å². The Morgan fingerprint density at radius 1 is 0.931 bits per heavy atom. The maximum absolute atomic E-state index is 12.0. The zero-order chi connectivity index (χ0) is 20.3. The number of aryl methyl sites for hydroxylation is 1. The number of carbonyl (C=O) groups excluding carboxylic acids is 1. The van der Waals surface area contributed by atoms with Crippen molar-refractivity contribution in [3.05, 3.63) is 66.4 Å². The number of ether oxygens (including phenoxy) is 1. The second-order valence-corrected chi connectivity index (χ2v) is 6.27. The number of nitrogens with zero attached hydrogens (tertiary/aromatic N) is 3.